The van der Waals surface area contributed by atoms with E-state index in [0.29, 0.717) is 11.1 Å². The number of anilines is 1. The third kappa shape index (κ3) is 3.86. The molecule has 146 valence electrons. The second kappa shape index (κ2) is 7.72. The number of thioether (sulfide) groups is 1. The highest BCUT2D eigenvalue weighted by molar-refractivity contribution is 8.00. The maximum Gasteiger partial charge on any atom is 0.260 e. The molecule has 28 heavy (non-hydrogen) atoms. The Hall–Kier alpha value is -2.12. The van der Waals surface area contributed by atoms with E-state index in [1.54, 1.807) is 11.3 Å². The number of aromatic amines is 1. The van der Waals surface area contributed by atoms with Gasteiger partial charge in [-0.15, -0.1) is 11.3 Å². The van der Waals surface area contributed by atoms with Gasteiger partial charge in [-0.05, 0) is 62.3 Å². The molecular weight excluding hydrogens is 390 g/mol. The number of aromatic nitrogens is 2. The van der Waals surface area contributed by atoms with E-state index in [1.165, 1.54) is 22.2 Å². The number of aryl methyl sites for hydroxylation is 2. The van der Waals surface area contributed by atoms with Crippen LogP contribution in [0.2, 0.25) is 0 Å². The highest BCUT2D eigenvalue weighted by Gasteiger charge is 2.24. The molecule has 2 heterocycles. The highest BCUT2D eigenvalue weighted by atomic mass is 32.2. The second-order valence-electron chi connectivity index (χ2n) is 7.52. The summed E-state index contributed by atoms with van der Waals surface area (Å²) in [6.07, 6.45) is 3.08. The van der Waals surface area contributed by atoms with Crippen LogP contribution in [0.1, 0.15) is 36.3 Å². The summed E-state index contributed by atoms with van der Waals surface area (Å²) in [7, 11) is 0. The monoisotopic (exact) mass is 413 g/mol. The van der Waals surface area contributed by atoms with E-state index >= 15 is 0 Å². The minimum Gasteiger partial charge on any atom is -0.325 e. The number of carbonyl (C=O) groups is 1. The summed E-state index contributed by atoms with van der Waals surface area (Å²) in [6, 6.07) is 7.69. The largest absolute Gasteiger partial charge is 0.325 e. The average Bonchev–Trinajstić information content (AvgIpc) is 2.99. The van der Waals surface area contributed by atoms with Crippen molar-refractivity contribution in [3.8, 4) is 0 Å². The van der Waals surface area contributed by atoms with Crippen molar-refractivity contribution in [2.24, 2.45) is 5.92 Å². The third-order valence-corrected chi connectivity index (χ3v) is 7.22. The lowest BCUT2D eigenvalue weighted by Gasteiger charge is -2.17. The Labute approximate surface area is 172 Å². The number of benzene rings is 1. The molecule has 0 spiro atoms. The molecule has 0 radical (unpaired) electrons. The van der Waals surface area contributed by atoms with E-state index in [-0.39, 0.29) is 16.7 Å². The third-order valence-electron chi connectivity index (χ3n) is 5.09. The standard InChI is InChI=1S/C21H23N3O2S2/c1-11-5-4-6-14(9-11)22-18(25)13(3)27-21-23-19(26)17-15-8-7-12(2)10-16(15)28-20(17)24-21/h4-6,9,12-13H,7-8,10H2,1-3H3,(H,22,25)(H,23,24,26)/t12-,13-/m0/s1. The number of thiophene rings is 1. The molecule has 0 saturated carbocycles. The fourth-order valence-corrected chi connectivity index (χ4v) is 5.81. The Morgan fingerprint density at radius 3 is 3.04 bits per heavy atom. The van der Waals surface area contributed by atoms with Crippen LogP contribution in [0.25, 0.3) is 10.2 Å². The number of nitrogens with zero attached hydrogens (tertiary/aromatic N) is 1. The van der Waals surface area contributed by atoms with E-state index < -0.39 is 0 Å². The zero-order valence-electron chi connectivity index (χ0n) is 16.2. The van der Waals surface area contributed by atoms with Crippen LogP contribution >= 0.6 is 23.1 Å². The first-order valence-corrected chi connectivity index (χ1v) is 11.2. The van der Waals surface area contributed by atoms with Gasteiger partial charge >= 0.3 is 0 Å². The lowest BCUT2D eigenvalue weighted by atomic mass is 9.89. The molecule has 0 aliphatic heterocycles. The molecule has 1 aliphatic carbocycles. The lowest BCUT2D eigenvalue weighted by Crippen LogP contribution is -2.23. The molecule has 2 N–H and O–H groups in total. The van der Waals surface area contributed by atoms with Gasteiger partial charge in [0.2, 0.25) is 5.91 Å². The minimum atomic E-state index is -0.379. The normalized spacial score (nSPS) is 17.3. The first-order valence-electron chi connectivity index (χ1n) is 9.49. The Bertz CT molecular complexity index is 1100. The molecule has 7 heteroatoms. The van der Waals surface area contributed by atoms with Gasteiger partial charge < -0.3 is 10.3 Å². The topological polar surface area (TPSA) is 74.8 Å². The van der Waals surface area contributed by atoms with Crippen molar-refractivity contribution in [2.45, 2.75) is 50.4 Å². The van der Waals surface area contributed by atoms with Crippen LogP contribution in [0.15, 0.2) is 34.2 Å². The van der Waals surface area contributed by atoms with Crippen molar-refractivity contribution < 1.29 is 4.79 Å². The van der Waals surface area contributed by atoms with Gasteiger partial charge in [0.05, 0.1) is 10.6 Å². The number of hydrogen-bond acceptors (Lipinski definition) is 5. The van der Waals surface area contributed by atoms with Crippen LogP contribution < -0.4 is 10.9 Å². The van der Waals surface area contributed by atoms with Gasteiger partial charge in [-0.2, -0.15) is 0 Å². The van der Waals surface area contributed by atoms with E-state index in [1.807, 2.05) is 38.1 Å². The van der Waals surface area contributed by atoms with Crippen LogP contribution in [0.3, 0.4) is 0 Å². The van der Waals surface area contributed by atoms with Crippen molar-refractivity contribution in [1.29, 1.82) is 0 Å². The van der Waals surface area contributed by atoms with Crippen LogP contribution in [-0.2, 0) is 17.6 Å². The fourth-order valence-electron chi connectivity index (χ4n) is 3.57. The highest BCUT2D eigenvalue weighted by Crippen LogP contribution is 2.36. The summed E-state index contributed by atoms with van der Waals surface area (Å²) >= 11 is 2.91. The predicted octanol–water partition coefficient (Wildman–Crippen LogP) is 4.54. The van der Waals surface area contributed by atoms with Gasteiger partial charge in [0.15, 0.2) is 5.16 Å². The Kier molecular flexibility index (Phi) is 5.29. The van der Waals surface area contributed by atoms with E-state index in [9.17, 15) is 9.59 Å². The molecule has 3 aromatic rings. The Balaban J connectivity index is 1.54. The molecule has 0 fully saturated rings. The van der Waals surface area contributed by atoms with Crippen LogP contribution in [0.4, 0.5) is 5.69 Å². The smallest absolute Gasteiger partial charge is 0.260 e. The Morgan fingerprint density at radius 2 is 2.25 bits per heavy atom. The minimum absolute atomic E-state index is 0.0918. The van der Waals surface area contributed by atoms with Crippen molar-refractivity contribution in [1.82, 2.24) is 9.97 Å². The molecule has 1 aliphatic rings. The molecule has 1 amide bonds. The molecule has 4 rings (SSSR count). The number of amides is 1. The zero-order valence-corrected chi connectivity index (χ0v) is 17.8. The molecule has 0 bridgehead atoms. The number of rotatable bonds is 4. The number of carbonyl (C=O) groups excluding carboxylic acids is 1. The van der Waals surface area contributed by atoms with Gasteiger partial charge in [-0.25, -0.2) is 4.98 Å². The molecular formula is C21H23N3O2S2. The van der Waals surface area contributed by atoms with Crippen LogP contribution in [0.5, 0.6) is 0 Å². The molecule has 0 saturated heterocycles. The van der Waals surface area contributed by atoms with Gasteiger partial charge in [-0.1, -0.05) is 30.8 Å². The average molecular weight is 414 g/mol. The second-order valence-corrected chi connectivity index (χ2v) is 9.93. The van der Waals surface area contributed by atoms with Gasteiger partial charge in [-0.3, -0.25) is 9.59 Å². The number of hydrogen-bond donors (Lipinski definition) is 2. The maximum absolute atomic E-state index is 12.7. The summed E-state index contributed by atoms with van der Waals surface area (Å²) in [5.41, 5.74) is 2.94. The molecule has 5 nitrogen and oxygen atoms in total. The number of nitrogens with one attached hydrogen (secondary N) is 2. The number of H-pyrrole nitrogens is 1. The molecule has 0 unspecified atom stereocenters. The molecule has 1 aromatic carbocycles. The van der Waals surface area contributed by atoms with Crippen molar-refractivity contribution >= 4 is 44.9 Å². The lowest BCUT2D eigenvalue weighted by molar-refractivity contribution is -0.115. The van der Waals surface area contributed by atoms with Gasteiger partial charge in [0.25, 0.3) is 5.56 Å². The first-order chi connectivity index (χ1) is 13.4. The van der Waals surface area contributed by atoms with Gasteiger partial charge in [0.1, 0.15) is 4.83 Å². The summed E-state index contributed by atoms with van der Waals surface area (Å²) < 4.78 is 0. The summed E-state index contributed by atoms with van der Waals surface area (Å²) in [5, 5.41) is 3.78. The summed E-state index contributed by atoms with van der Waals surface area (Å²) in [6.45, 7) is 6.06. The molecule has 2 aromatic heterocycles. The zero-order chi connectivity index (χ0) is 19.8. The SMILES string of the molecule is Cc1cccc(NC(=O)[C@H](C)Sc2nc3sc4c(c3c(=O)[nH]2)CC[C@H](C)C4)c1. The number of fused-ring (bicyclic) bond motifs is 3. The fraction of sp³-hybridized carbons (Fsp3) is 0.381. The first kappa shape index (κ1) is 19.2. The van der Waals surface area contributed by atoms with Crippen molar-refractivity contribution in [2.75, 3.05) is 5.32 Å². The van der Waals surface area contributed by atoms with Crippen molar-refractivity contribution in [3.63, 3.8) is 0 Å². The quantitative estimate of drug-likeness (QED) is 0.486. The van der Waals surface area contributed by atoms with Crippen molar-refractivity contribution in [3.05, 3.63) is 50.6 Å². The summed E-state index contributed by atoms with van der Waals surface area (Å²) in [4.78, 5) is 34.8. The van der Waals surface area contributed by atoms with Gasteiger partial charge in [0, 0.05) is 10.6 Å². The van der Waals surface area contributed by atoms with E-state index in [0.717, 1.165) is 40.7 Å². The van der Waals surface area contributed by atoms with E-state index in [2.05, 4.69) is 22.2 Å². The molecule has 2 atom stereocenters. The predicted molar refractivity (Wildman–Crippen MR) is 117 cm³/mol. The van der Waals surface area contributed by atoms with Crippen LogP contribution in [0, 0.1) is 12.8 Å². The Morgan fingerprint density at radius 1 is 1.43 bits per heavy atom. The van der Waals surface area contributed by atoms with Crippen LogP contribution in [-0.4, -0.2) is 21.1 Å². The maximum atomic E-state index is 12.7. The summed E-state index contributed by atoms with van der Waals surface area (Å²) in [5.74, 6) is 0.538. The van der Waals surface area contributed by atoms with E-state index in [4.69, 9.17) is 0 Å².